The van der Waals surface area contributed by atoms with E-state index in [-0.39, 0.29) is 18.2 Å². The van der Waals surface area contributed by atoms with Crippen molar-refractivity contribution < 1.29 is 14.2 Å². The number of rotatable bonds is 2. The molecule has 3 heterocycles. The number of allylic oxidation sites excluding steroid dienone is 1. The molecule has 2 aliphatic rings. The van der Waals surface area contributed by atoms with Gasteiger partial charge in [-0.2, -0.15) is 5.26 Å². The number of H-pyrrole nitrogens is 1. The predicted molar refractivity (Wildman–Crippen MR) is 101 cm³/mol. The molecule has 3 N–H and O–H groups in total. The Hall–Kier alpha value is -3.63. The molecule has 1 aromatic heterocycles. The molecule has 0 spiro atoms. The van der Waals surface area contributed by atoms with Crippen LogP contribution in [0.3, 0.4) is 0 Å². The van der Waals surface area contributed by atoms with Crippen LogP contribution in [0.1, 0.15) is 17.0 Å². The fourth-order valence-corrected chi connectivity index (χ4v) is 3.80. The van der Waals surface area contributed by atoms with Gasteiger partial charge >= 0.3 is 0 Å². The number of nitrogens with zero attached hydrogens (tertiary/aromatic N) is 2. The number of hydrogen-bond donors (Lipinski definition) is 2. The van der Waals surface area contributed by atoms with E-state index in [4.69, 9.17) is 31.5 Å². The maximum Gasteiger partial charge on any atom is 0.244 e. The average Bonchev–Trinajstić information content (AvgIpc) is 3.33. The van der Waals surface area contributed by atoms with Crippen LogP contribution in [0.5, 0.6) is 17.4 Å². The van der Waals surface area contributed by atoms with Gasteiger partial charge < -0.3 is 19.9 Å². The molecule has 8 heteroatoms. The molecule has 0 aliphatic carbocycles. The summed E-state index contributed by atoms with van der Waals surface area (Å²) < 4.78 is 16.5. The van der Waals surface area contributed by atoms with Gasteiger partial charge in [-0.15, -0.1) is 5.10 Å². The molecule has 0 amide bonds. The summed E-state index contributed by atoms with van der Waals surface area (Å²) in [7, 11) is 0. The number of hydrogen-bond acceptors (Lipinski definition) is 6. The van der Waals surface area contributed by atoms with Gasteiger partial charge in [0.05, 0.1) is 17.2 Å². The van der Waals surface area contributed by atoms with E-state index in [1.54, 1.807) is 12.1 Å². The molecule has 3 aromatic rings. The van der Waals surface area contributed by atoms with Crippen LogP contribution in [0.25, 0.3) is 11.3 Å². The maximum absolute atomic E-state index is 9.80. The van der Waals surface area contributed by atoms with Gasteiger partial charge in [0.1, 0.15) is 11.6 Å². The fourth-order valence-electron chi connectivity index (χ4n) is 3.54. The van der Waals surface area contributed by atoms with Gasteiger partial charge in [0.25, 0.3) is 0 Å². The average molecular weight is 393 g/mol. The zero-order valence-electron chi connectivity index (χ0n) is 14.4. The van der Waals surface area contributed by atoms with Crippen molar-refractivity contribution >= 4 is 11.6 Å². The van der Waals surface area contributed by atoms with E-state index in [1.807, 2.05) is 30.3 Å². The first-order valence-corrected chi connectivity index (χ1v) is 8.85. The van der Waals surface area contributed by atoms with Crippen molar-refractivity contribution in [3.05, 3.63) is 70.1 Å². The minimum Gasteiger partial charge on any atom is -0.454 e. The van der Waals surface area contributed by atoms with Crippen molar-refractivity contribution in [1.29, 1.82) is 5.26 Å². The minimum absolute atomic E-state index is 0.000143. The summed E-state index contributed by atoms with van der Waals surface area (Å²) in [6, 6.07) is 15.3. The van der Waals surface area contributed by atoms with E-state index in [2.05, 4.69) is 16.3 Å². The van der Waals surface area contributed by atoms with Crippen LogP contribution in [-0.2, 0) is 0 Å². The second-order valence-electron chi connectivity index (χ2n) is 6.34. The summed E-state index contributed by atoms with van der Waals surface area (Å²) in [5.41, 5.74) is 9.27. The summed E-state index contributed by atoms with van der Waals surface area (Å²) >= 11 is 6.56. The third kappa shape index (κ3) is 2.39. The fraction of sp³-hybridized carbons (Fsp3) is 0.100. The van der Waals surface area contributed by atoms with E-state index in [0.717, 1.165) is 11.3 Å². The topological polar surface area (TPSA) is 106 Å². The lowest BCUT2D eigenvalue weighted by Crippen LogP contribution is -2.21. The van der Waals surface area contributed by atoms with Crippen LogP contribution in [0.15, 0.2) is 53.9 Å². The highest BCUT2D eigenvalue weighted by Crippen LogP contribution is 2.49. The second-order valence-corrected chi connectivity index (χ2v) is 6.74. The van der Waals surface area contributed by atoms with Gasteiger partial charge in [-0.1, -0.05) is 41.9 Å². The van der Waals surface area contributed by atoms with Crippen LogP contribution in [0.2, 0.25) is 5.02 Å². The van der Waals surface area contributed by atoms with Gasteiger partial charge in [-0.25, -0.2) is 0 Å². The van der Waals surface area contributed by atoms with Crippen LogP contribution >= 0.6 is 11.6 Å². The van der Waals surface area contributed by atoms with Gasteiger partial charge in [0.2, 0.25) is 18.6 Å². The van der Waals surface area contributed by atoms with Crippen molar-refractivity contribution in [2.75, 3.05) is 6.79 Å². The summed E-state index contributed by atoms with van der Waals surface area (Å²) in [6.07, 6.45) is 0. The highest BCUT2D eigenvalue weighted by Gasteiger charge is 2.37. The lowest BCUT2D eigenvalue weighted by molar-refractivity contribution is 0.174. The first-order chi connectivity index (χ1) is 13.7. The molecule has 0 fully saturated rings. The molecule has 7 nitrogen and oxygen atoms in total. The van der Waals surface area contributed by atoms with Crippen molar-refractivity contribution in [1.82, 2.24) is 10.2 Å². The van der Waals surface area contributed by atoms with E-state index < -0.39 is 5.92 Å². The Morgan fingerprint density at radius 1 is 1.18 bits per heavy atom. The van der Waals surface area contributed by atoms with Gasteiger partial charge in [-0.05, 0) is 17.2 Å². The zero-order valence-corrected chi connectivity index (χ0v) is 15.2. The van der Waals surface area contributed by atoms with Crippen LogP contribution < -0.4 is 19.9 Å². The van der Waals surface area contributed by atoms with E-state index in [1.165, 1.54) is 0 Å². The summed E-state index contributed by atoms with van der Waals surface area (Å²) in [5.74, 6) is 0.874. The van der Waals surface area contributed by atoms with Gasteiger partial charge in [-0.3, -0.25) is 5.10 Å². The monoisotopic (exact) mass is 392 g/mol. The SMILES string of the molecule is N#CC1=C(N)Oc2n[nH]c(-c3ccccc3)c2[C@H]1c1cc2c(cc1Cl)OCO2. The van der Waals surface area contributed by atoms with Crippen LogP contribution in [0, 0.1) is 11.3 Å². The molecule has 0 saturated carbocycles. The number of ether oxygens (including phenoxy) is 3. The molecule has 2 aliphatic heterocycles. The molecule has 2 aromatic carbocycles. The molecule has 138 valence electrons. The Kier molecular flexibility index (Phi) is 3.67. The molecule has 0 unspecified atom stereocenters. The molecule has 0 bridgehead atoms. The van der Waals surface area contributed by atoms with Gasteiger partial charge in [0.15, 0.2) is 11.5 Å². The smallest absolute Gasteiger partial charge is 0.244 e. The number of fused-ring (bicyclic) bond motifs is 2. The van der Waals surface area contributed by atoms with Crippen LogP contribution in [0.4, 0.5) is 0 Å². The normalized spacial score (nSPS) is 17.1. The second kappa shape index (κ2) is 6.22. The first kappa shape index (κ1) is 16.5. The van der Waals surface area contributed by atoms with Crippen molar-refractivity contribution in [3.8, 4) is 34.7 Å². The van der Waals surface area contributed by atoms with E-state index >= 15 is 0 Å². The standard InChI is InChI=1S/C20H13ClN4O3/c21-13-7-15-14(26-9-27-15)6-11(13)16-12(8-22)19(23)28-20-17(16)18(24-25-20)10-4-2-1-3-5-10/h1-7,16H,9,23H2,(H,24,25)/t16-/m0/s1. The number of halogens is 1. The number of benzene rings is 2. The Balaban J connectivity index is 1.76. The molecule has 1 atom stereocenters. The van der Waals surface area contributed by atoms with Crippen molar-refractivity contribution in [2.24, 2.45) is 5.73 Å². The number of nitrogens with one attached hydrogen (secondary N) is 1. The van der Waals surface area contributed by atoms with Crippen LogP contribution in [-0.4, -0.2) is 17.0 Å². The molecular weight excluding hydrogens is 380 g/mol. The summed E-state index contributed by atoms with van der Waals surface area (Å²) in [5, 5.41) is 17.5. The Morgan fingerprint density at radius 3 is 2.68 bits per heavy atom. The highest BCUT2D eigenvalue weighted by molar-refractivity contribution is 6.31. The third-order valence-electron chi connectivity index (χ3n) is 4.80. The number of aromatic amines is 1. The molecule has 0 radical (unpaired) electrons. The summed E-state index contributed by atoms with van der Waals surface area (Å²) in [4.78, 5) is 0. The third-order valence-corrected chi connectivity index (χ3v) is 5.13. The van der Waals surface area contributed by atoms with Crippen molar-refractivity contribution in [3.63, 3.8) is 0 Å². The van der Waals surface area contributed by atoms with Crippen molar-refractivity contribution in [2.45, 2.75) is 5.92 Å². The quantitative estimate of drug-likeness (QED) is 0.689. The number of aromatic nitrogens is 2. The predicted octanol–water partition coefficient (Wildman–Crippen LogP) is 3.68. The first-order valence-electron chi connectivity index (χ1n) is 8.47. The molecular formula is C20H13ClN4O3. The van der Waals surface area contributed by atoms with E-state index in [0.29, 0.717) is 33.5 Å². The zero-order chi connectivity index (χ0) is 19.3. The Morgan fingerprint density at radius 2 is 1.93 bits per heavy atom. The largest absolute Gasteiger partial charge is 0.454 e. The molecule has 28 heavy (non-hydrogen) atoms. The highest BCUT2D eigenvalue weighted by atomic mass is 35.5. The Bertz CT molecular complexity index is 1160. The maximum atomic E-state index is 9.80. The molecule has 5 rings (SSSR count). The number of nitriles is 1. The molecule has 0 saturated heterocycles. The summed E-state index contributed by atoms with van der Waals surface area (Å²) in [6.45, 7) is 0.123. The Labute approximate surface area is 164 Å². The van der Waals surface area contributed by atoms with E-state index in [9.17, 15) is 5.26 Å². The lowest BCUT2D eigenvalue weighted by Gasteiger charge is -2.25. The van der Waals surface area contributed by atoms with Gasteiger partial charge in [0, 0.05) is 11.1 Å². The minimum atomic E-state index is -0.565. The lowest BCUT2D eigenvalue weighted by atomic mass is 9.83. The number of nitrogens with two attached hydrogens (primary N) is 1.